The molecule has 1 N–H and O–H groups in total. The van der Waals surface area contributed by atoms with Crippen LogP contribution in [-0.4, -0.2) is 11.8 Å². The van der Waals surface area contributed by atoms with Crippen LogP contribution in [0, 0.1) is 10.8 Å². The maximum atomic E-state index is 11.3. The van der Waals surface area contributed by atoms with Gasteiger partial charge in [0.25, 0.3) is 0 Å². The Morgan fingerprint density at radius 2 is 1.33 bits per heavy atom. The maximum Gasteiger partial charge on any atom is 0.232 e. The minimum absolute atomic E-state index is 0.160. The Bertz CT molecular complexity index is 217. The molecule has 68 valence electrons. The van der Waals surface area contributed by atoms with Gasteiger partial charge in [-0.15, -0.1) is 0 Å². The molecule has 0 aromatic heterocycles. The van der Waals surface area contributed by atoms with Gasteiger partial charge in [-0.3, -0.25) is 14.9 Å². The van der Waals surface area contributed by atoms with Gasteiger partial charge in [-0.1, -0.05) is 27.7 Å². The van der Waals surface area contributed by atoms with E-state index in [1.807, 2.05) is 27.7 Å². The average Bonchev–Trinajstić information content (AvgIpc) is 1.82. The largest absolute Gasteiger partial charge is 0.296 e. The fourth-order valence-electron chi connectivity index (χ4n) is 1.71. The summed E-state index contributed by atoms with van der Waals surface area (Å²) in [6.45, 7) is 7.43. The highest BCUT2D eigenvalue weighted by molar-refractivity contribution is 6.02. The molecule has 1 rings (SSSR count). The van der Waals surface area contributed by atoms with E-state index >= 15 is 0 Å². The van der Waals surface area contributed by atoms with Crippen LogP contribution < -0.4 is 5.32 Å². The van der Waals surface area contributed by atoms with Gasteiger partial charge in [-0.05, 0) is 6.42 Å². The first-order valence-corrected chi connectivity index (χ1v) is 4.12. The number of hydrogen-bond acceptors (Lipinski definition) is 2. The molecule has 0 atom stereocenters. The van der Waals surface area contributed by atoms with Gasteiger partial charge >= 0.3 is 0 Å². The van der Waals surface area contributed by atoms with Gasteiger partial charge in [-0.2, -0.15) is 0 Å². The molecule has 12 heavy (non-hydrogen) atoms. The molecule has 1 aliphatic heterocycles. The van der Waals surface area contributed by atoms with E-state index in [9.17, 15) is 9.59 Å². The lowest BCUT2D eigenvalue weighted by molar-refractivity contribution is -0.148. The first-order chi connectivity index (χ1) is 5.26. The van der Waals surface area contributed by atoms with Gasteiger partial charge in [0.15, 0.2) is 0 Å². The molecular formula is C9H15NO2. The number of piperidine rings is 1. The fraction of sp³-hybridized carbons (Fsp3) is 0.778. The Labute approximate surface area is 72.5 Å². The van der Waals surface area contributed by atoms with Crippen molar-refractivity contribution in [2.45, 2.75) is 34.1 Å². The van der Waals surface area contributed by atoms with Crippen LogP contribution in [-0.2, 0) is 9.59 Å². The molecule has 0 unspecified atom stereocenters. The van der Waals surface area contributed by atoms with Crippen molar-refractivity contribution in [3.63, 3.8) is 0 Å². The van der Waals surface area contributed by atoms with Crippen LogP contribution in [0.4, 0.5) is 0 Å². The van der Waals surface area contributed by atoms with Crippen LogP contribution in [0.3, 0.4) is 0 Å². The number of hydrogen-bond donors (Lipinski definition) is 1. The van der Waals surface area contributed by atoms with Gasteiger partial charge in [-0.25, -0.2) is 0 Å². The Kier molecular flexibility index (Phi) is 1.78. The average molecular weight is 169 g/mol. The van der Waals surface area contributed by atoms with Gasteiger partial charge in [0.1, 0.15) is 0 Å². The molecule has 0 spiro atoms. The van der Waals surface area contributed by atoms with Crippen LogP contribution in [0.25, 0.3) is 0 Å². The third-order valence-corrected chi connectivity index (χ3v) is 2.34. The third-order valence-electron chi connectivity index (χ3n) is 2.34. The van der Waals surface area contributed by atoms with Crippen molar-refractivity contribution in [1.29, 1.82) is 0 Å². The zero-order valence-corrected chi connectivity index (χ0v) is 8.02. The molecule has 0 aromatic rings. The Hall–Kier alpha value is -0.860. The smallest absolute Gasteiger partial charge is 0.232 e. The van der Waals surface area contributed by atoms with Crippen molar-refractivity contribution in [2.24, 2.45) is 10.8 Å². The minimum Gasteiger partial charge on any atom is -0.296 e. The standard InChI is InChI=1S/C9H15NO2/c1-8(2)5-9(3,4)7(12)10-6(8)11/h5H2,1-4H3,(H,10,11,12). The molecule has 0 bridgehead atoms. The van der Waals surface area contributed by atoms with Crippen molar-refractivity contribution in [3.8, 4) is 0 Å². The molecule has 0 aliphatic carbocycles. The number of rotatable bonds is 0. The number of carbonyl (C=O) groups is 2. The maximum absolute atomic E-state index is 11.3. The molecule has 1 saturated heterocycles. The summed E-state index contributed by atoms with van der Waals surface area (Å²) in [4.78, 5) is 22.6. The highest BCUT2D eigenvalue weighted by atomic mass is 16.2. The predicted octanol–water partition coefficient (Wildman–Crippen LogP) is 1.09. The molecule has 1 fully saturated rings. The monoisotopic (exact) mass is 169 g/mol. The number of carbonyl (C=O) groups excluding carboxylic acids is 2. The summed E-state index contributed by atoms with van der Waals surface area (Å²) in [5, 5.41) is 2.38. The van der Waals surface area contributed by atoms with Gasteiger partial charge in [0, 0.05) is 10.8 Å². The molecular weight excluding hydrogens is 154 g/mol. The highest BCUT2D eigenvalue weighted by Crippen LogP contribution is 2.37. The molecule has 1 aliphatic rings. The zero-order valence-electron chi connectivity index (χ0n) is 8.02. The van der Waals surface area contributed by atoms with Crippen LogP contribution in [0.5, 0.6) is 0 Å². The van der Waals surface area contributed by atoms with Crippen molar-refractivity contribution in [2.75, 3.05) is 0 Å². The summed E-state index contributed by atoms with van der Waals surface area (Å²) in [5.74, 6) is -0.321. The number of nitrogens with one attached hydrogen (secondary N) is 1. The second-order valence-corrected chi connectivity index (χ2v) is 4.73. The van der Waals surface area contributed by atoms with Crippen LogP contribution in [0.2, 0.25) is 0 Å². The van der Waals surface area contributed by atoms with E-state index in [1.165, 1.54) is 0 Å². The lowest BCUT2D eigenvalue weighted by Gasteiger charge is -2.37. The van der Waals surface area contributed by atoms with Crippen molar-refractivity contribution in [1.82, 2.24) is 5.32 Å². The summed E-state index contributed by atoms with van der Waals surface area (Å²) < 4.78 is 0. The van der Waals surface area contributed by atoms with Gasteiger partial charge < -0.3 is 0 Å². The zero-order chi connectivity index (χ0) is 9.57. The third kappa shape index (κ3) is 1.36. The van der Waals surface area contributed by atoms with E-state index in [4.69, 9.17) is 0 Å². The first-order valence-electron chi connectivity index (χ1n) is 4.12. The SMILES string of the molecule is CC1(C)CC(C)(C)C(=O)NC1=O. The Balaban J connectivity index is 2.93. The quantitative estimate of drug-likeness (QED) is 0.552. The lowest BCUT2D eigenvalue weighted by atomic mass is 9.71. The fourth-order valence-corrected chi connectivity index (χ4v) is 1.71. The molecule has 0 radical (unpaired) electrons. The molecule has 3 nitrogen and oxygen atoms in total. The molecule has 0 saturated carbocycles. The molecule has 1 heterocycles. The van der Waals surface area contributed by atoms with E-state index in [0.717, 1.165) is 0 Å². The van der Waals surface area contributed by atoms with Crippen molar-refractivity contribution in [3.05, 3.63) is 0 Å². The van der Waals surface area contributed by atoms with E-state index in [-0.39, 0.29) is 11.8 Å². The minimum atomic E-state index is -0.419. The molecule has 0 aromatic carbocycles. The summed E-state index contributed by atoms with van der Waals surface area (Å²) >= 11 is 0. The van der Waals surface area contributed by atoms with Crippen LogP contribution >= 0.6 is 0 Å². The number of imide groups is 1. The van der Waals surface area contributed by atoms with Crippen molar-refractivity contribution >= 4 is 11.8 Å². The summed E-state index contributed by atoms with van der Waals surface area (Å²) in [5.41, 5.74) is -0.838. The second kappa shape index (κ2) is 2.31. The van der Waals surface area contributed by atoms with E-state index in [1.54, 1.807) is 0 Å². The molecule has 2 amide bonds. The van der Waals surface area contributed by atoms with Crippen LogP contribution in [0.1, 0.15) is 34.1 Å². The summed E-state index contributed by atoms with van der Waals surface area (Å²) in [6, 6.07) is 0. The topological polar surface area (TPSA) is 46.2 Å². The normalized spacial score (nSPS) is 26.7. The van der Waals surface area contributed by atoms with Crippen LogP contribution in [0.15, 0.2) is 0 Å². The van der Waals surface area contributed by atoms with Crippen molar-refractivity contribution < 1.29 is 9.59 Å². The number of amides is 2. The van der Waals surface area contributed by atoms with E-state index in [2.05, 4.69) is 5.32 Å². The summed E-state index contributed by atoms with van der Waals surface area (Å²) in [7, 11) is 0. The van der Waals surface area contributed by atoms with E-state index < -0.39 is 10.8 Å². The first kappa shape index (κ1) is 9.23. The predicted molar refractivity (Wildman–Crippen MR) is 45.3 cm³/mol. The lowest BCUT2D eigenvalue weighted by Crippen LogP contribution is -2.54. The van der Waals surface area contributed by atoms with E-state index in [0.29, 0.717) is 6.42 Å². The Morgan fingerprint density at radius 3 is 1.58 bits per heavy atom. The molecule has 3 heteroatoms. The highest BCUT2D eigenvalue weighted by Gasteiger charge is 2.44. The van der Waals surface area contributed by atoms with Gasteiger partial charge in [0.05, 0.1) is 0 Å². The van der Waals surface area contributed by atoms with Gasteiger partial charge in [0.2, 0.25) is 11.8 Å². The second-order valence-electron chi connectivity index (χ2n) is 4.73. The Morgan fingerprint density at radius 1 is 1.00 bits per heavy atom. The summed E-state index contributed by atoms with van der Waals surface area (Å²) in [6.07, 6.45) is 0.616.